The van der Waals surface area contributed by atoms with Gasteiger partial charge in [-0.15, -0.1) is 0 Å². The van der Waals surface area contributed by atoms with Crippen LogP contribution < -0.4 is 10.6 Å². The van der Waals surface area contributed by atoms with E-state index in [1.54, 1.807) is 18.2 Å². The van der Waals surface area contributed by atoms with Crippen LogP contribution in [0.4, 0.5) is 11.4 Å². The lowest BCUT2D eigenvalue weighted by molar-refractivity contribution is -0.117. The first-order chi connectivity index (χ1) is 12.9. The second-order valence-electron chi connectivity index (χ2n) is 7.41. The summed E-state index contributed by atoms with van der Waals surface area (Å²) in [6.07, 6.45) is 2.49. The highest BCUT2D eigenvalue weighted by Gasteiger charge is 2.31. The van der Waals surface area contributed by atoms with Crippen molar-refractivity contribution in [2.45, 2.75) is 32.7 Å². The van der Waals surface area contributed by atoms with E-state index in [0.717, 1.165) is 11.3 Å². The Morgan fingerprint density at radius 2 is 1.85 bits per heavy atom. The summed E-state index contributed by atoms with van der Waals surface area (Å²) in [5, 5.41) is 5.79. The molecule has 142 valence electrons. The van der Waals surface area contributed by atoms with Crippen molar-refractivity contribution in [3.63, 3.8) is 0 Å². The van der Waals surface area contributed by atoms with Crippen LogP contribution in [0.15, 0.2) is 48.5 Å². The van der Waals surface area contributed by atoms with Crippen molar-refractivity contribution in [1.29, 1.82) is 0 Å². The van der Waals surface area contributed by atoms with Crippen LogP contribution in [0, 0.1) is 12.8 Å². The third-order valence-corrected chi connectivity index (χ3v) is 5.11. The molecule has 0 bridgehead atoms. The van der Waals surface area contributed by atoms with Gasteiger partial charge in [-0.3, -0.25) is 14.5 Å². The average molecular weight is 365 g/mol. The van der Waals surface area contributed by atoms with E-state index < -0.39 is 0 Å². The largest absolute Gasteiger partial charge is 0.324 e. The van der Waals surface area contributed by atoms with Crippen LogP contribution in [0.25, 0.3) is 0 Å². The Kier molecular flexibility index (Phi) is 5.91. The third kappa shape index (κ3) is 5.17. The van der Waals surface area contributed by atoms with Crippen LogP contribution >= 0.6 is 0 Å². The molecular weight excluding hydrogens is 338 g/mol. The normalized spacial score (nSPS) is 14.7. The summed E-state index contributed by atoms with van der Waals surface area (Å²) in [7, 11) is 1.97. The van der Waals surface area contributed by atoms with E-state index in [4.69, 9.17) is 0 Å². The summed E-state index contributed by atoms with van der Waals surface area (Å²) in [6, 6.07) is 15.1. The van der Waals surface area contributed by atoms with Gasteiger partial charge in [0.05, 0.1) is 17.8 Å². The topological polar surface area (TPSA) is 61.4 Å². The zero-order chi connectivity index (χ0) is 19.4. The highest BCUT2D eigenvalue weighted by Crippen LogP contribution is 2.34. The van der Waals surface area contributed by atoms with Gasteiger partial charge in [0.1, 0.15) is 0 Å². The second kappa shape index (κ2) is 8.35. The molecule has 1 aliphatic rings. The molecule has 2 aromatic rings. The molecule has 5 heteroatoms. The van der Waals surface area contributed by atoms with Gasteiger partial charge in [-0.05, 0) is 69.5 Å². The van der Waals surface area contributed by atoms with Gasteiger partial charge in [0.25, 0.3) is 5.91 Å². The minimum Gasteiger partial charge on any atom is -0.324 e. The van der Waals surface area contributed by atoms with Gasteiger partial charge in [0.2, 0.25) is 5.91 Å². The molecule has 2 aromatic carbocycles. The SMILES string of the molecule is Cc1cccc(NC(=O)c2ccccc2NC(=O)CN(C)[C@H](C)C2CC2)c1. The molecule has 0 aliphatic heterocycles. The number of nitrogens with zero attached hydrogens (tertiary/aromatic N) is 1. The molecule has 3 rings (SSSR count). The molecule has 1 aliphatic carbocycles. The lowest BCUT2D eigenvalue weighted by Gasteiger charge is -2.24. The summed E-state index contributed by atoms with van der Waals surface area (Å²) in [5.41, 5.74) is 2.78. The zero-order valence-corrected chi connectivity index (χ0v) is 16.2. The first-order valence-corrected chi connectivity index (χ1v) is 9.41. The minimum absolute atomic E-state index is 0.110. The highest BCUT2D eigenvalue weighted by molar-refractivity contribution is 6.10. The molecule has 2 N–H and O–H groups in total. The first-order valence-electron chi connectivity index (χ1n) is 9.41. The van der Waals surface area contributed by atoms with Crippen LogP contribution in [0.2, 0.25) is 0 Å². The maximum Gasteiger partial charge on any atom is 0.257 e. The quantitative estimate of drug-likeness (QED) is 0.782. The van der Waals surface area contributed by atoms with Crippen LogP contribution in [0.1, 0.15) is 35.7 Å². The van der Waals surface area contributed by atoms with Crippen molar-refractivity contribution in [2.75, 3.05) is 24.2 Å². The molecule has 5 nitrogen and oxygen atoms in total. The van der Waals surface area contributed by atoms with Crippen molar-refractivity contribution in [3.05, 3.63) is 59.7 Å². The van der Waals surface area contributed by atoms with Crippen LogP contribution in [-0.4, -0.2) is 36.3 Å². The summed E-state index contributed by atoms with van der Waals surface area (Å²) < 4.78 is 0. The number of aryl methyl sites for hydroxylation is 1. The second-order valence-corrected chi connectivity index (χ2v) is 7.41. The third-order valence-electron chi connectivity index (χ3n) is 5.11. The molecule has 0 saturated heterocycles. The van der Waals surface area contributed by atoms with Gasteiger partial charge in [-0.25, -0.2) is 0 Å². The maximum absolute atomic E-state index is 12.7. The number of rotatable bonds is 7. The average Bonchev–Trinajstić information content (AvgIpc) is 3.46. The number of para-hydroxylation sites is 1. The predicted molar refractivity (Wildman–Crippen MR) is 109 cm³/mol. The Labute approximate surface area is 160 Å². The lowest BCUT2D eigenvalue weighted by Crippen LogP contribution is -2.37. The molecule has 0 radical (unpaired) electrons. The van der Waals surface area contributed by atoms with E-state index in [0.29, 0.717) is 29.8 Å². The first kappa shape index (κ1) is 19.1. The van der Waals surface area contributed by atoms with E-state index in [2.05, 4.69) is 22.5 Å². The van der Waals surface area contributed by atoms with Gasteiger partial charge < -0.3 is 10.6 Å². The number of carbonyl (C=O) groups excluding carboxylic acids is 2. The molecule has 1 saturated carbocycles. The predicted octanol–water partition coefficient (Wildman–Crippen LogP) is 3.92. The Hall–Kier alpha value is -2.66. The summed E-state index contributed by atoms with van der Waals surface area (Å²) in [4.78, 5) is 27.2. The number of benzene rings is 2. The highest BCUT2D eigenvalue weighted by atomic mass is 16.2. The molecule has 0 spiro atoms. The lowest BCUT2D eigenvalue weighted by atomic mass is 10.1. The fourth-order valence-corrected chi connectivity index (χ4v) is 3.21. The Balaban J connectivity index is 1.66. The van der Waals surface area contributed by atoms with Crippen LogP contribution in [-0.2, 0) is 4.79 Å². The molecular formula is C22H27N3O2. The number of hydrogen-bond acceptors (Lipinski definition) is 3. The molecule has 2 amide bonds. The van der Waals surface area contributed by atoms with E-state index in [9.17, 15) is 9.59 Å². The molecule has 0 heterocycles. The van der Waals surface area contributed by atoms with E-state index in [1.807, 2.05) is 44.3 Å². The number of amides is 2. The van der Waals surface area contributed by atoms with Crippen molar-refractivity contribution in [1.82, 2.24) is 4.90 Å². The standard InChI is InChI=1S/C22H27N3O2/c1-15-7-6-8-18(13-15)23-22(27)19-9-4-5-10-20(19)24-21(26)14-25(3)16(2)17-11-12-17/h4-10,13,16-17H,11-12,14H2,1-3H3,(H,23,27)(H,24,26)/t16-/m1/s1. The fourth-order valence-electron chi connectivity index (χ4n) is 3.21. The van der Waals surface area contributed by atoms with Crippen molar-refractivity contribution in [3.8, 4) is 0 Å². The summed E-state index contributed by atoms with van der Waals surface area (Å²) in [5.74, 6) is 0.354. The van der Waals surface area contributed by atoms with E-state index in [-0.39, 0.29) is 11.8 Å². The number of hydrogen-bond donors (Lipinski definition) is 2. The van der Waals surface area contributed by atoms with Gasteiger partial charge in [-0.2, -0.15) is 0 Å². The van der Waals surface area contributed by atoms with Crippen LogP contribution in [0.3, 0.4) is 0 Å². The number of carbonyl (C=O) groups is 2. The molecule has 0 aromatic heterocycles. The van der Waals surface area contributed by atoms with Crippen molar-refractivity contribution >= 4 is 23.2 Å². The fraction of sp³-hybridized carbons (Fsp3) is 0.364. The smallest absolute Gasteiger partial charge is 0.257 e. The Morgan fingerprint density at radius 3 is 2.56 bits per heavy atom. The number of nitrogens with one attached hydrogen (secondary N) is 2. The Morgan fingerprint density at radius 1 is 1.11 bits per heavy atom. The van der Waals surface area contributed by atoms with Gasteiger partial charge in [0.15, 0.2) is 0 Å². The number of likely N-dealkylation sites (N-methyl/N-ethyl adjacent to an activating group) is 1. The summed E-state index contributed by atoms with van der Waals surface area (Å²) in [6.45, 7) is 4.45. The zero-order valence-electron chi connectivity index (χ0n) is 16.2. The monoisotopic (exact) mass is 365 g/mol. The Bertz CT molecular complexity index is 830. The molecule has 1 fully saturated rings. The molecule has 0 unspecified atom stereocenters. The van der Waals surface area contributed by atoms with Crippen LogP contribution in [0.5, 0.6) is 0 Å². The maximum atomic E-state index is 12.7. The van der Waals surface area contributed by atoms with E-state index >= 15 is 0 Å². The minimum atomic E-state index is -0.240. The summed E-state index contributed by atoms with van der Waals surface area (Å²) >= 11 is 0. The molecule has 1 atom stereocenters. The van der Waals surface area contributed by atoms with Crippen molar-refractivity contribution in [2.24, 2.45) is 5.92 Å². The number of anilines is 2. The van der Waals surface area contributed by atoms with Crippen molar-refractivity contribution < 1.29 is 9.59 Å². The van der Waals surface area contributed by atoms with Gasteiger partial charge >= 0.3 is 0 Å². The van der Waals surface area contributed by atoms with E-state index in [1.165, 1.54) is 12.8 Å². The van der Waals surface area contributed by atoms with Gasteiger partial charge in [0, 0.05) is 11.7 Å². The molecule has 27 heavy (non-hydrogen) atoms. The van der Waals surface area contributed by atoms with Gasteiger partial charge in [-0.1, -0.05) is 24.3 Å².